The maximum absolute atomic E-state index is 12.7. The van der Waals surface area contributed by atoms with Crippen molar-refractivity contribution < 1.29 is 74.9 Å². The van der Waals surface area contributed by atoms with Crippen molar-refractivity contribution in [3.05, 3.63) is 220 Å². The summed E-state index contributed by atoms with van der Waals surface area (Å²) < 4.78 is 35.7. The maximum atomic E-state index is 12.7. The third-order valence-corrected chi connectivity index (χ3v) is 11.4. The molecule has 0 bridgehead atoms. The van der Waals surface area contributed by atoms with Crippen LogP contribution in [0, 0.1) is 0 Å². The molecule has 2 aliphatic rings. The minimum Gasteiger partial charge on any atom is -1.00 e. The Balaban J connectivity index is 0.00000224. The third-order valence-electron chi connectivity index (χ3n) is 8.80. The van der Waals surface area contributed by atoms with Crippen LogP contribution < -0.4 is 91.2 Å². The van der Waals surface area contributed by atoms with E-state index in [1.807, 2.05) is 186 Å². The molecule has 0 atom stereocenters. The third kappa shape index (κ3) is 13.5. The van der Waals surface area contributed by atoms with Gasteiger partial charge in [-0.15, -0.1) is 0 Å². The molecule has 0 amide bonds. The molecule has 6 aromatic carbocycles. The maximum Gasteiger partial charge on any atom is 1.00 e. The molecule has 0 aromatic heterocycles. The Bertz CT molecular complexity index is 2700. The molecule has 0 radical (unpaired) electrons. The van der Waals surface area contributed by atoms with Gasteiger partial charge in [-0.1, -0.05) is 127 Å². The van der Waals surface area contributed by atoms with Crippen molar-refractivity contribution in [1.82, 2.24) is 10.0 Å². The summed E-state index contributed by atoms with van der Waals surface area (Å²) in [5, 5.41) is 20.8. The smallest absolute Gasteiger partial charge is 1.00 e. The molecule has 0 spiro atoms. The van der Waals surface area contributed by atoms with Crippen LogP contribution in [0.25, 0.3) is 12.2 Å². The number of nitrogens with one attached hydrogen (secondary N) is 6. The SMILES string of the molecule is O=S(=O)(O)c1cc(NC2=CN(Nc3ccccc3)C=C(Nc3ccccc3)S2)ccc1C=Cc1ccc(NC2=CN(Nc3ccccc3)C=C(Nc3ccccc3)S2)cc1.[H-].[H-].[Na+].[Na+]. The zero-order valence-electron chi connectivity index (χ0n) is 35.9. The number of anilines is 6. The van der Waals surface area contributed by atoms with Gasteiger partial charge >= 0.3 is 59.1 Å². The second kappa shape index (κ2) is 22.4. The first-order valence-electron chi connectivity index (χ1n) is 18.8. The summed E-state index contributed by atoms with van der Waals surface area (Å²) in [7, 11) is -4.58. The molecule has 2 heterocycles. The average molecular weight is 897 g/mol. The van der Waals surface area contributed by atoms with Gasteiger partial charge < -0.3 is 24.1 Å². The summed E-state index contributed by atoms with van der Waals surface area (Å²) in [6.45, 7) is 0. The Morgan fingerprint density at radius 1 is 0.452 bits per heavy atom. The van der Waals surface area contributed by atoms with Crippen LogP contribution >= 0.6 is 23.5 Å². The molecule has 0 saturated carbocycles. The van der Waals surface area contributed by atoms with Gasteiger partial charge in [0, 0.05) is 22.7 Å². The summed E-state index contributed by atoms with van der Waals surface area (Å²) in [5.74, 6) is 0. The van der Waals surface area contributed by atoms with E-state index in [9.17, 15) is 13.0 Å². The van der Waals surface area contributed by atoms with Crippen molar-refractivity contribution in [3.8, 4) is 0 Å². The first-order valence-corrected chi connectivity index (χ1v) is 21.9. The molecule has 0 unspecified atom stereocenters. The minimum atomic E-state index is -4.58. The van der Waals surface area contributed by atoms with E-state index in [2.05, 4.69) is 32.1 Å². The van der Waals surface area contributed by atoms with E-state index in [0.717, 1.165) is 49.1 Å². The van der Waals surface area contributed by atoms with Crippen LogP contribution in [-0.4, -0.2) is 23.0 Å². The molecule has 0 aliphatic carbocycles. The molecular formula is C46H42N8Na2O3S3. The van der Waals surface area contributed by atoms with E-state index >= 15 is 0 Å². The van der Waals surface area contributed by atoms with Gasteiger partial charge in [-0.2, -0.15) is 8.42 Å². The number of nitrogens with zero attached hydrogens (tertiary/aromatic N) is 2. The number of hydrazine groups is 2. The van der Waals surface area contributed by atoms with Gasteiger partial charge in [-0.05, 0) is 83.9 Å². The van der Waals surface area contributed by atoms with Gasteiger partial charge in [-0.25, -0.2) is 0 Å². The van der Waals surface area contributed by atoms with Gasteiger partial charge in [-0.3, -0.25) is 25.4 Å². The predicted molar refractivity (Wildman–Crippen MR) is 253 cm³/mol. The summed E-state index contributed by atoms with van der Waals surface area (Å²) in [5.41, 5.74) is 13.0. The van der Waals surface area contributed by atoms with Crippen LogP contribution in [0.2, 0.25) is 0 Å². The number of hydrogen-bond acceptors (Lipinski definition) is 12. The van der Waals surface area contributed by atoms with Crippen LogP contribution in [0.1, 0.15) is 14.0 Å². The molecule has 8 rings (SSSR count). The first kappa shape index (κ1) is 46.5. The molecule has 62 heavy (non-hydrogen) atoms. The van der Waals surface area contributed by atoms with Crippen LogP contribution in [0.4, 0.5) is 34.1 Å². The number of thioether (sulfide) groups is 2. The van der Waals surface area contributed by atoms with Gasteiger partial charge in [0.05, 0.1) is 56.3 Å². The second-order valence-electron chi connectivity index (χ2n) is 13.4. The van der Waals surface area contributed by atoms with Gasteiger partial charge in [0.25, 0.3) is 10.1 Å². The van der Waals surface area contributed by atoms with Gasteiger partial charge in [0.1, 0.15) is 4.90 Å². The van der Waals surface area contributed by atoms with E-state index in [0.29, 0.717) is 16.3 Å². The van der Waals surface area contributed by atoms with Crippen molar-refractivity contribution in [2.75, 3.05) is 32.1 Å². The van der Waals surface area contributed by atoms with Crippen LogP contribution in [-0.2, 0) is 10.1 Å². The standard InChI is InChI=1S/C46H40N8O3S3.2Na.2H/c55-60(56,57)42-29-41(50-46-33-54(52-40-19-11-4-12-20-40)31-44(59-46)48-37-15-7-2-8-16-37)28-25-35(42)24-21-34-22-26-38(27-23-34)49-45-32-53(51-39-17-9-3-10-18-39)30-43(58-45)47-36-13-5-1-6-14-36;;;;/h1-33,47-52H,(H,55,56,57);;;;/q;2*+1;2*-1. The van der Waals surface area contributed by atoms with Crippen LogP contribution in [0.5, 0.6) is 0 Å². The zero-order chi connectivity index (χ0) is 41.2. The molecule has 304 valence electrons. The van der Waals surface area contributed by atoms with Gasteiger partial charge in [0.15, 0.2) is 0 Å². The largest absolute Gasteiger partial charge is 1.00 e. The van der Waals surface area contributed by atoms with Crippen LogP contribution in [0.15, 0.2) is 214 Å². The monoisotopic (exact) mass is 896 g/mol. The number of para-hydroxylation sites is 4. The predicted octanol–water partition coefficient (Wildman–Crippen LogP) is 5.73. The fourth-order valence-electron chi connectivity index (χ4n) is 6.05. The Labute approximate surface area is 417 Å². The van der Waals surface area contributed by atoms with Crippen molar-refractivity contribution >= 4 is 79.9 Å². The Morgan fingerprint density at radius 2 is 0.806 bits per heavy atom. The summed E-state index contributed by atoms with van der Waals surface area (Å²) in [6.07, 6.45) is 11.3. The van der Waals surface area contributed by atoms with Crippen molar-refractivity contribution in [3.63, 3.8) is 0 Å². The van der Waals surface area contributed by atoms with E-state index in [1.165, 1.54) is 17.8 Å². The number of benzene rings is 6. The number of hydrogen-bond donors (Lipinski definition) is 7. The van der Waals surface area contributed by atoms with E-state index in [1.54, 1.807) is 30.0 Å². The topological polar surface area (TPSA) is 133 Å². The zero-order valence-corrected chi connectivity index (χ0v) is 40.4. The van der Waals surface area contributed by atoms with E-state index in [-0.39, 0.29) is 66.9 Å². The second-order valence-corrected chi connectivity index (χ2v) is 16.9. The summed E-state index contributed by atoms with van der Waals surface area (Å²) in [4.78, 5) is -0.219. The fraction of sp³-hybridized carbons (Fsp3) is 0. The Kier molecular flexibility index (Phi) is 16.8. The van der Waals surface area contributed by atoms with E-state index in [4.69, 9.17) is 0 Å². The van der Waals surface area contributed by atoms with Crippen LogP contribution in [0.3, 0.4) is 0 Å². The Morgan fingerprint density at radius 3 is 1.21 bits per heavy atom. The Hall–Kier alpha value is -4.97. The molecule has 2 aliphatic heterocycles. The molecule has 16 heteroatoms. The number of rotatable bonds is 15. The molecular weight excluding hydrogens is 855 g/mol. The molecule has 11 nitrogen and oxygen atoms in total. The molecule has 7 N–H and O–H groups in total. The van der Waals surface area contributed by atoms with Crippen molar-refractivity contribution in [2.45, 2.75) is 4.90 Å². The fourth-order valence-corrected chi connectivity index (χ4v) is 8.58. The van der Waals surface area contributed by atoms with Crippen molar-refractivity contribution in [2.24, 2.45) is 0 Å². The summed E-state index contributed by atoms with van der Waals surface area (Å²) in [6, 6.07) is 52.2. The summed E-state index contributed by atoms with van der Waals surface area (Å²) >= 11 is 3.01. The van der Waals surface area contributed by atoms with Gasteiger partial charge in [0.2, 0.25) is 0 Å². The molecule has 0 saturated heterocycles. The normalized spacial score (nSPS) is 13.6. The van der Waals surface area contributed by atoms with Crippen molar-refractivity contribution in [1.29, 1.82) is 0 Å². The first-order chi connectivity index (χ1) is 29.3. The van der Waals surface area contributed by atoms with E-state index < -0.39 is 10.1 Å². The minimum absolute atomic E-state index is 0. The molecule has 6 aromatic rings. The average Bonchev–Trinajstić information content (AvgIpc) is 3.25. The molecule has 0 fully saturated rings. The quantitative estimate of drug-likeness (QED) is 0.0385.